The molecule has 0 spiro atoms. The summed E-state index contributed by atoms with van der Waals surface area (Å²) in [6.07, 6.45) is 1.68. The van der Waals surface area contributed by atoms with Gasteiger partial charge >= 0.3 is 0 Å². The average Bonchev–Trinajstić information content (AvgIpc) is 2.65. The molecule has 0 bridgehead atoms. The van der Waals surface area contributed by atoms with Crippen LogP contribution in [0.5, 0.6) is 11.6 Å². The maximum Gasteiger partial charge on any atom is 0.254 e. The normalized spacial score (nSPS) is 10.2. The number of nitrogens with zero attached hydrogens (tertiary/aromatic N) is 2. The fourth-order valence-corrected chi connectivity index (χ4v) is 2.22. The Morgan fingerprint density at radius 2 is 1.76 bits per heavy atom. The Hall–Kier alpha value is -3.41. The molecule has 0 aliphatic carbocycles. The third kappa shape index (κ3) is 3.92. The SMILES string of the molecule is CNC(=O)c1ccccc1Oc1nc(Nc2ccccc2)ncc1C. The number of benzene rings is 2. The second kappa shape index (κ2) is 7.44. The van der Waals surface area contributed by atoms with Crippen LogP contribution < -0.4 is 15.4 Å². The highest BCUT2D eigenvalue weighted by Crippen LogP contribution is 2.27. The van der Waals surface area contributed by atoms with Gasteiger partial charge in [-0.25, -0.2) is 4.98 Å². The first-order valence-electron chi connectivity index (χ1n) is 7.82. The number of aryl methyl sites for hydroxylation is 1. The molecular formula is C19H18N4O2. The van der Waals surface area contributed by atoms with Gasteiger partial charge in [-0.2, -0.15) is 4.98 Å². The zero-order valence-corrected chi connectivity index (χ0v) is 14.0. The molecule has 1 heterocycles. The number of carbonyl (C=O) groups excluding carboxylic acids is 1. The molecule has 0 aliphatic heterocycles. The van der Waals surface area contributed by atoms with Gasteiger partial charge in [-0.1, -0.05) is 30.3 Å². The van der Waals surface area contributed by atoms with Crippen LogP contribution in [0, 0.1) is 6.92 Å². The first kappa shape index (κ1) is 16.4. The van der Waals surface area contributed by atoms with Crippen LogP contribution in [-0.4, -0.2) is 22.9 Å². The predicted molar refractivity (Wildman–Crippen MR) is 96.4 cm³/mol. The number of amides is 1. The fourth-order valence-electron chi connectivity index (χ4n) is 2.22. The molecular weight excluding hydrogens is 316 g/mol. The van der Waals surface area contributed by atoms with E-state index >= 15 is 0 Å². The summed E-state index contributed by atoms with van der Waals surface area (Å²) in [5, 5.41) is 5.73. The van der Waals surface area contributed by atoms with Crippen molar-refractivity contribution in [2.45, 2.75) is 6.92 Å². The Bertz CT molecular complexity index is 882. The van der Waals surface area contributed by atoms with Crippen molar-refractivity contribution in [1.29, 1.82) is 0 Å². The number of anilines is 2. The largest absolute Gasteiger partial charge is 0.438 e. The standard InChI is InChI=1S/C19H18N4O2/c1-13-12-21-19(22-14-8-4-3-5-9-14)23-18(13)25-16-11-7-6-10-15(16)17(24)20-2/h3-12H,1-2H3,(H,20,24)(H,21,22,23). The lowest BCUT2D eigenvalue weighted by Gasteiger charge is -2.12. The van der Waals surface area contributed by atoms with E-state index < -0.39 is 0 Å². The number of ether oxygens (including phenoxy) is 1. The molecule has 1 aromatic heterocycles. The third-order valence-corrected chi connectivity index (χ3v) is 3.52. The van der Waals surface area contributed by atoms with Gasteiger partial charge in [-0.3, -0.25) is 4.79 Å². The zero-order valence-electron chi connectivity index (χ0n) is 14.0. The molecule has 2 N–H and O–H groups in total. The molecule has 2 aromatic carbocycles. The number of hydrogen-bond acceptors (Lipinski definition) is 5. The first-order chi connectivity index (χ1) is 12.2. The molecule has 0 saturated heterocycles. The lowest BCUT2D eigenvalue weighted by atomic mass is 10.2. The summed E-state index contributed by atoms with van der Waals surface area (Å²) in [5.41, 5.74) is 2.09. The van der Waals surface area contributed by atoms with Gasteiger partial charge in [0.25, 0.3) is 5.91 Å². The highest BCUT2D eigenvalue weighted by atomic mass is 16.5. The van der Waals surface area contributed by atoms with Gasteiger partial charge in [-0.05, 0) is 31.2 Å². The van der Waals surface area contributed by atoms with E-state index in [-0.39, 0.29) is 5.91 Å². The molecule has 6 nitrogen and oxygen atoms in total. The lowest BCUT2D eigenvalue weighted by Crippen LogP contribution is -2.18. The monoisotopic (exact) mass is 334 g/mol. The van der Waals surface area contributed by atoms with Gasteiger partial charge in [0.15, 0.2) is 0 Å². The average molecular weight is 334 g/mol. The molecule has 126 valence electrons. The highest BCUT2D eigenvalue weighted by molar-refractivity contribution is 5.96. The second-order valence-corrected chi connectivity index (χ2v) is 5.35. The Kier molecular flexibility index (Phi) is 4.89. The number of carbonyl (C=O) groups is 1. The van der Waals surface area contributed by atoms with Crippen molar-refractivity contribution in [3.05, 3.63) is 71.9 Å². The Balaban J connectivity index is 1.88. The summed E-state index contributed by atoms with van der Waals surface area (Å²) in [7, 11) is 1.58. The van der Waals surface area contributed by atoms with Crippen molar-refractivity contribution in [1.82, 2.24) is 15.3 Å². The van der Waals surface area contributed by atoms with E-state index in [1.807, 2.05) is 37.3 Å². The van der Waals surface area contributed by atoms with Crippen molar-refractivity contribution >= 4 is 17.5 Å². The minimum absolute atomic E-state index is 0.218. The molecule has 0 saturated carbocycles. The number of aromatic nitrogens is 2. The number of para-hydroxylation sites is 2. The van der Waals surface area contributed by atoms with Crippen molar-refractivity contribution in [2.75, 3.05) is 12.4 Å². The fraction of sp³-hybridized carbons (Fsp3) is 0.105. The molecule has 0 atom stereocenters. The number of rotatable bonds is 5. The first-order valence-corrected chi connectivity index (χ1v) is 7.82. The molecule has 1 amide bonds. The summed E-state index contributed by atoms with van der Waals surface area (Å²) in [5.74, 6) is 1.04. The maximum atomic E-state index is 12.0. The van der Waals surface area contributed by atoms with Crippen LogP contribution in [0.2, 0.25) is 0 Å². The van der Waals surface area contributed by atoms with Crippen LogP contribution in [0.1, 0.15) is 15.9 Å². The Morgan fingerprint density at radius 1 is 1.04 bits per heavy atom. The molecule has 0 aliphatic rings. The quantitative estimate of drug-likeness (QED) is 0.744. The van der Waals surface area contributed by atoms with Crippen molar-refractivity contribution in [3.63, 3.8) is 0 Å². The summed E-state index contributed by atoms with van der Waals surface area (Å²) >= 11 is 0. The minimum atomic E-state index is -0.218. The zero-order chi connectivity index (χ0) is 17.6. The molecule has 3 rings (SSSR count). The smallest absolute Gasteiger partial charge is 0.254 e. The van der Waals surface area contributed by atoms with Gasteiger partial charge < -0.3 is 15.4 Å². The van der Waals surface area contributed by atoms with E-state index in [9.17, 15) is 4.79 Å². The lowest BCUT2D eigenvalue weighted by molar-refractivity contribution is 0.0960. The summed E-state index contributed by atoms with van der Waals surface area (Å²) in [6.45, 7) is 1.85. The van der Waals surface area contributed by atoms with Gasteiger partial charge in [0.05, 0.1) is 5.56 Å². The highest BCUT2D eigenvalue weighted by Gasteiger charge is 2.13. The van der Waals surface area contributed by atoms with Crippen LogP contribution >= 0.6 is 0 Å². The molecule has 0 radical (unpaired) electrons. The van der Waals surface area contributed by atoms with Crippen LogP contribution in [0.3, 0.4) is 0 Å². The van der Waals surface area contributed by atoms with Crippen molar-refractivity contribution in [3.8, 4) is 11.6 Å². The Morgan fingerprint density at radius 3 is 2.52 bits per heavy atom. The van der Waals surface area contributed by atoms with Crippen LogP contribution in [0.15, 0.2) is 60.8 Å². The molecule has 6 heteroatoms. The van der Waals surface area contributed by atoms with Gasteiger partial charge in [-0.15, -0.1) is 0 Å². The maximum absolute atomic E-state index is 12.0. The van der Waals surface area contributed by atoms with E-state index in [1.165, 1.54) is 0 Å². The van der Waals surface area contributed by atoms with E-state index in [0.29, 0.717) is 23.1 Å². The Labute approximate surface area is 145 Å². The molecule has 3 aromatic rings. The van der Waals surface area contributed by atoms with Gasteiger partial charge in [0.1, 0.15) is 5.75 Å². The number of nitrogens with one attached hydrogen (secondary N) is 2. The van der Waals surface area contributed by atoms with Crippen LogP contribution in [-0.2, 0) is 0 Å². The molecule has 25 heavy (non-hydrogen) atoms. The number of hydrogen-bond donors (Lipinski definition) is 2. The molecule has 0 unspecified atom stereocenters. The van der Waals surface area contributed by atoms with Crippen molar-refractivity contribution in [2.24, 2.45) is 0 Å². The van der Waals surface area contributed by atoms with E-state index in [4.69, 9.17) is 4.74 Å². The van der Waals surface area contributed by atoms with Gasteiger partial charge in [0, 0.05) is 24.5 Å². The van der Waals surface area contributed by atoms with E-state index in [1.54, 1.807) is 37.5 Å². The topological polar surface area (TPSA) is 76.1 Å². The minimum Gasteiger partial charge on any atom is -0.438 e. The van der Waals surface area contributed by atoms with Gasteiger partial charge in [0.2, 0.25) is 11.8 Å². The van der Waals surface area contributed by atoms with E-state index in [2.05, 4.69) is 20.6 Å². The second-order valence-electron chi connectivity index (χ2n) is 5.35. The summed E-state index contributed by atoms with van der Waals surface area (Å²) < 4.78 is 5.89. The van der Waals surface area contributed by atoms with Crippen LogP contribution in [0.4, 0.5) is 11.6 Å². The summed E-state index contributed by atoms with van der Waals surface area (Å²) in [4.78, 5) is 20.7. The van der Waals surface area contributed by atoms with E-state index in [0.717, 1.165) is 11.3 Å². The summed E-state index contributed by atoms with van der Waals surface area (Å²) in [6, 6.07) is 16.7. The third-order valence-electron chi connectivity index (χ3n) is 3.52. The molecule has 0 fully saturated rings. The predicted octanol–water partition coefficient (Wildman–Crippen LogP) is 3.68. The van der Waals surface area contributed by atoms with Crippen molar-refractivity contribution < 1.29 is 9.53 Å². The van der Waals surface area contributed by atoms with Crippen LogP contribution in [0.25, 0.3) is 0 Å².